The summed E-state index contributed by atoms with van der Waals surface area (Å²) < 4.78 is 39.8. The third-order valence-electron chi connectivity index (χ3n) is 3.17. The second kappa shape index (κ2) is 6.15. The Morgan fingerprint density at radius 2 is 2.00 bits per heavy atom. The van der Waals surface area contributed by atoms with Crippen molar-refractivity contribution in [1.29, 1.82) is 0 Å². The van der Waals surface area contributed by atoms with E-state index in [1.54, 1.807) is 0 Å². The molecule has 1 heterocycles. The first-order valence-electron chi connectivity index (χ1n) is 6.17. The molecule has 2 unspecified atom stereocenters. The number of benzene rings is 1. The molecule has 1 aromatic rings. The van der Waals surface area contributed by atoms with Gasteiger partial charge in [0.05, 0.1) is 28.1 Å². The van der Waals surface area contributed by atoms with Gasteiger partial charge in [-0.25, -0.2) is 8.42 Å². The molecule has 0 spiro atoms. The second-order valence-corrected chi connectivity index (χ2v) is 8.23. The fourth-order valence-corrected chi connectivity index (χ4v) is 3.69. The Balaban J connectivity index is 2.04. The second-order valence-electron chi connectivity index (χ2n) is 4.76. The highest BCUT2D eigenvalue weighted by Crippen LogP contribution is 2.17. The molecule has 0 saturated carbocycles. The average molecular weight is 316 g/mol. The van der Waals surface area contributed by atoms with Crippen LogP contribution in [0.15, 0.2) is 34.1 Å². The zero-order valence-corrected chi connectivity index (χ0v) is 12.7. The molecule has 1 fully saturated rings. The summed E-state index contributed by atoms with van der Waals surface area (Å²) in [6.45, 7) is 0.981. The number of ether oxygens (including phenoxy) is 1. The summed E-state index contributed by atoms with van der Waals surface area (Å²) in [5.74, 6) is -0.269. The summed E-state index contributed by atoms with van der Waals surface area (Å²) in [6, 6.07) is 5.80. The minimum atomic E-state index is -3.26. The molecule has 0 amide bonds. The van der Waals surface area contributed by atoms with E-state index in [-0.39, 0.29) is 22.3 Å². The molecule has 0 aliphatic carbocycles. The molecule has 2 atom stereocenters. The predicted molar refractivity (Wildman–Crippen MR) is 74.8 cm³/mol. The number of ketones is 1. The normalized spacial score (nSPS) is 20.8. The summed E-state index contributed by atoms with van der Waals surface area (Å²) >= 11 is 0. The van der Waals surface area contributed by atoms with Gasteiger partial charge in [-0.1, -0.05) is 0 Å². The SMILES string of the molecule is CS(=O)(=O)c1ccc(S(=O)CC(=O)C2CCOC2)cc1. The van der Waals surface area contributed by atoms with Crippen molar-refractivity contribution in [3.63, 3.8) is 0 Å². The van der Waals surface area contributed by atoms with Crippen LogP contribution >= 0.6 is 0 Å². The third kappa shape index (κ3) is 3.74. The number of hydrogen-bond acceptors (Lipinski definition) is 5. The minimum Gasteiger partial charge on any atom is -0.381 e. The maximum Gasteiger partial charge on any atom is 0.175 e. The number of carbonyl (C=O) groups is 1. The van der Waals surface area contributed by atoms with Gasteiger partial charge < -0.3 is 4.74 Å². The topological polar surface area (TPSA) is 77.5 Å². The van der Waals surface area contributed by atoms with Gasteiger partial charge in [0.15, 0.2) is 15.6 Å². The zero-order chi connectivity index (χ0) is 14.8. The Morgan fingerprint density at radius 1 is 1.35 bits per heavy atom. The average Bonchev–Trinajstić information content (AvgIpc) is 2.91. The van der Waals surface area contributed by atoms with Crippen LogP contribution in [-0.4, -0.2) is 43.6 Å². The zero-order valence-electron chi connectivity index (χ0n) is 11.1. The van der Waals surface area contributed by atoms with Crippen LogP contribution in [0.1, 0.15) is 6.42 Å². The monoisotopic (exact) mass is 316 g/mol. The Kier molecular flexibility index (Phi) is 4.72. The van der Waals surface area contributed by atoms with Crippen molar-refractivity contribution < 1.29 is 22.2 Å². The lowest BCUT2D eigenvalue weighted by Crippen LogP contribution is -2.21. The molecule has 0 radical (unpaired) electrons. The van der Waals surface area contributed by atoms with Crippen molar-refractivity contribution in [3.8, 4) is 0 Å². The maximum atomic E-state index is 12.1. The molecule has 0 bridgehead atoms. The van der Waals surface area contributed by atoms with Gasteiger partial charge in [-0.15, -0.1) is 0 Å². The molecule has 5 nitrogen and oxygen atoms in total. The lowest BCUT2D eigenvalue weighted by Gasteiger charge is -2.07. The first kappa shape index (κ1) is 15.3. The molecule has 20 heavy (non-hydrogen) atoms. The molecule has 2 rings (SSSR count). The molecule has 1 aliphatic rings. The number of Topliss-reactive ketones (excluding diaryl/α,β-unsaturated/α-hetero) is 1. The molecule has 0 aromatic heterocycles. The largest absolute Gasteiger partial charge is 0.381 e. The highest BCUT2D eigenvalue weighted by molar-refractivity contribution is 7.90. The van der Waals surface area contributed by atoms with Crippen LogP contribution in [0.25, 0.3) is 0 Å². The van der Waals surface area contributed by atoms with Crippen molar-refractivity contribution in [2.24, 2.45) is 5.92 Å². The van der Waals surface area contributed by atoms with Crippen molar-refractivity contribution in [1.82, 2.24) is 0 Å². The van der Waals surface area contributed by atoms with Crippen LogP contribution in [0.3, 0.4) is 0 Å². The first-order chi connectivity index (χ1) is 9.38. The summed E-state index contributed by atoms with van der Waals surface area (Å²) in [4.78, 5) is 12.5. The molecular weight excluding hydrogens is 300 g/mol. The quantitative estimate of drug-likeness (QED) is 0.803. The van der Waals surface area contributed by atoms with E-state index < -0.39 is 20.6 Å². The Hall–Kier alpha value is -1.05. The fourth-order valence-electron chi connectivity index (χ4n) is 1.96. The van der Waals surface area contributed by atoms with E-state index in [1.165, 1.54) is 24.3 Å². The van der Waals surface area contributed by atoms with Crippen LogP contribution in [0.2, 0.25) is 0 Å². The van der Waals surface area contributed by atoms with E-state index in [9.17, 15) is 17.4 Å². The fraction of sp³-hybridized carbons (Fsp3) is 0.462. The van der Waals surface area contributed by atoms with Gasteiger partial charge >= 0.3 is 0 Å². The minimum absolute atomic E-state index is 0.0494. The summed E-state index contributed by atoms with van der Waals surface area (Å²) in [5, 5.41) is 0. The molecule has 1 aromatic carbocycles. The van der Waals surface area contributed by atoms with Gasteiger partial charge in [0, 0.05) is 23.7 Å². The van der Waals surface area contributed by atoms with Crippen LogP contribution in [-0.2, 0) is 30.2 Å². The van der Waals surface area contributed by atoms with E-state index in [0.29, 0.717) is 24.5 Å². The Labute approximate surface area is 120 Å². The van der Waals surface area contributed by atoms with Gasteiger partial charge in [0.2, 0.25) is 0 Å². The molecule has 0 N–H and O–H groups in total. The highest BCUT2D eigenvalue weighted by atomic mass is 32.2. The van der Waals surface area contributed by atoms with Crippen LogP contribution in [0.4, 0.5) is 0 Å². The number of sulfone groups is 1. The van der Waals surface area contributed by atoms with Gasteiger partial charge in [-0.2, -0.15) is 0 Å². The number of hydrogen-bond donors (Lipinski definition) is 0. The van der Waals surface area contributed by atoms with Gasteiger partial charge in [0.25, 0.3) is 0 Å². The molecule has 1 aliphatic heterocycles. The van der Waals surface area contributed by atoms with E-state index >= 15 is 0 Å². The van der Waals surface area contributed by atoms with Crippen molar-refractivity contribution >= 4 is 26.4 Å². The van der Waals surface area contributed by atoms with E-state index in [0.717, 1.165) is 6.26 Å². The number of rotatable bonds is 5. The van der Waals surface area contributed by atoms with Crippen molar-refractivity contribution in [3.05, 3.63) is 24.3 Å². The molecule has 7 heteroatoms. The first-order valence-corrected chi connectivity index (χ1v) is 9.38. The van der Waals surface area contributed by atoms with Gasteiger partial charge in [-0.05, 0) is 30.7 Å². The molecular formula is C13H16O5S2. The predicted octanol–water partition coefficient (Wildman–Crippen LogP) is 0.803. The number of carbonyl (C=O) groups excluding carboxylic acids is 1. The third-order valence-corrected chi connectivity index (χ3v) is 5.65. The van der Waals surface area contributed by atoms with E-state index in [1.807, 2.05) is 0 Å². The molecule has 110 valence electrons. The van der Waals surface area contributed by atoms with Crippen molar-refractivity contribution in [2.75, 3.05) is 25.2 Å². The lowest BCUT2D eigenvalue weighted by molar-refractivity contribution is -0.120. The standard InChI is InChI=1S/C13H16O5S2/c1-20(16,17)12-4-2-11(3-5-12)19(15)9-13(14)10-6-7-18-8-10/h2-5,10H,6-9H2,1H3. The molecule has 1 saturated heterocycles. The van der Waals surface area contributed by atoms with E-state index in [4.69, 9.17) is 4.74 Å². The Morgan fingerprint density at radius 3 is 2.50 bits per heavy atom. The maximum absolute atomic E-state index is 12.1. The van der Waals surface area contributed by atoms with Crippen LogP contribution in [0, 0.1) is 5.92 Å². The lowest BCUT2D eigenvalue weighted by atomic mass is 10.1. The van der Waals surface area contributed by atoms with Gasteiger partial charge in [0.1, 0.15) is 0 Å². The van der Waals surface area contributed by atoms with E-state index in [2.05, 4.69) is 0 Å². The Bertz CT molecular complexity index is 613. The summed E-state index contributed by atoms with van der Waals surface area (Å²) in [7, 11) is -4.71. The van der Waals surface area contributed by atoms with Crippen LogP contribution in [0.5, 0.6) is 0 Å². The van der Waals surface area contributed by atoms with Crippen LogP contribution < -0.4 is 0 Å². The van der Waals surface area contributed by atoms with Crippen molar-refractivity contribution in [2.45, 2.75) is 16.2 Å². The smallest absolute Gasteiger partial charge is 0.175 e. The highest BCUT2D eigenvalue weighted by Gasteiger charge is 2.25. The van der Waals surface area contributed by atoms with Gasteiger partial charge in [-0.3, -0.25) is 9.00 Å². The summed E-state index contributed by atoms with van der Waals surface area (Å²) in [5.41, 5.74) is 0. The summed E-state index contributed by atoms with van der Waals surface area (Å²) in [6.07, 6.45) is 1.80.